The fourth-order valence-electron chi connectivity index (χ4n) is 2.70. The highest BCUT2D eigenvalue weighted by atomic mass is 32.2. The second-order valence-corrected chi connectivity index (χ2v) is 8.02. The fraction of sp³-hybridized carbons (Fsp3) is 0.625. The zero-order valence-electron chi connectivity index (χ0n) is 12.8. The number of aliphatic hydroxyl groups excluding tert-OH is 1. The number of rotatable bonds is 5. The van der Waals surface area contributed by atoms with Gasteiger partial charge in [-0.1, -0.05) is 26.0 Å². The summed E-state index contributed by atoms with van der Waals surface area (Å²) in [4.78, 5) is 0.372. The summed E-state index contributed by atoms with van der Waals surface area (Å²) in [5.74, 6) is 0.981. The molecule has 1 heterocycles. The minimum absolute atomic E-state index is 0.157. The van der Waals surface area contributed by atoms with Crippen LogP contribution in [-0.4, -0.2) is 37.5 Å². The van der Waals surface area contributed by atoms with Gasteiger partial charge in [0, 0.05) is 19.7 Å². The van der Waals surface area contributed by atoms with Gasteiger partial charge in [-0.15, -0.1) is 0 Å². The van der Waals surface area contributed by atoms with Crippen LogP contribution in [0.2, 0.25) is 0 Å². The van der Waals surface area contributed by atoms with Crippen molar-refractivity contribution < 1.29 is 13.5 Å². The predicted molar refractivity (Wildman–Crippen MR) is 83.6 cm³/mol. The van der Waals surface area contributed by atoms with E-state index in [4.69, 9.17) is 5.11 Å². The molecule has 0 bridgehead atoms. The van der Waals surface area contributed by atoms with Crippen LogP contribution in [0.25, 0.3) is 0 Å². The van der Waals surface area contributed by atoms with Gasteiger partial charge in [-0.2, -0.15) is 4.31 Å². The van der Waals surface area contributed by atoms with Crippen LogP contribution in [0.1, 0.15) is 32.3 Å². The molecule has 0 aliphatic carbocycles. The van der Waals surface area contributed by atoms with E-state index in [1.165, 1.54) is 0 Å². The van der Waals surface area contributed by atoms with E-state index in [0.29, 0.717) is 36.2 Å². The van der Waals surface area contributed by atoms with Crippen molar-refractivity contribution in [2.24, 2.45) is 11.8 Å². The van der Waals surface area contributed by atoms with E-state index in [-0.39, 0.29) is 6.61 Å². The predicted octanol–water partition coefficient (Wildman–Crippen LogP) is 2.28. The Balaban J connectivity index is 2.12. The summed E-state index contributed by atoms with van der Waals surface area (Å²) in [5, 5.41) is 8.83. The average Bonchev–Trinajstić information content (AvgIpc) is 2.48. The SMILES string of the molecule is CC1CCN(S(=O)(=O)c2ccc(CCCO)cc2)CC1C. The summed E-state index contributed by atoms with van der Waals surface area (Å²) in [5.41, 5.74) is 1.06. The summed E-state index contributed by atoms with van der Waals surface area (Å²) in [6.45, 7) is 5.68. The maximum atomic E-state index is 12.7. The fourth-order valence-corrected chi connectivity index (χ4v) is 4.26. The van der Waals surface area contributed by atoms with Crippen molar-refractivity contribution in [3.05, 3.63) is 29.8 Å². The number of benzene rings is 1. The molecule has 21 heavy (non-hydrogen) atoms. The van der Waals surface area contributed by atoms with Crippen molar-refractivity contribution in [3.63, 3.8) is 0 Å². The van der Waals surface area contributed by atoms with Crippen LogP contribution < -0.4 is 0 Å². The van der Waals surface area contributed by atoms with E-state index in [1.54, 1.807) is 16.4 Å². The zero-order valence-corrected chi connectivity index (χ0v) is 13.6. The summed E-state index contributed by atoms with van der Waals surface area (Å²) >= 11 is 0. The number of aliphatic hydroxyl groups is 1. The Hall–Kier alpha value is -0.910. The number of hydrogen-bond acceptors (Lipinski definition) is 3. The summed E-state index contributed by atoms with van der Waals surface area (Å²) < 4.78 is 26.9. The second kappa shape index (κ2) is 6.90. The van der Waals surface area contributed by atoms with Crippen molar-refractivity contribution in [3.8, 4) is 0 Å². The minimum atomic E-state index is -3.37. The third-order valence-corrected chi connectivity index (χ3v) is 6.36. The van der Waals surface area contributed by atoms with Crippen molar-refractivity contribution in [2.75, 3.05) is 19.7 Å². The van der Waals surface area contributed by atoms with E-state index in [1.807, 2.05) is 12.1 Å². The van der Waals surface area contributed by atoms with Crippen molar-refractivity contribution >= 4 is 10.0 Å². The molecule has 2 rings (SSSR count). The van der Waals surface area contributed by atoms with Crippen LogP contribution in [0.3, 0.4) is 0 Å². The zero-order chi connectivity index (χ0) is 15.5. The lowest BCUT2D eigenvalue weighted by Gasteiger charge is -2.34. The first-order chi connectivity index (χ1) is 9.95. The van der Waals surface area contributed by atoms with Crippen molar-refractivity contribution in [1.82, 2.24) is 4.31 Å². The van der Waals surface area contributed by atoms with Gasteiger partial charge in [0.15, 0.2) is 0 Å². The highest BCUT2D eigenvalue weighted by molar-refractivity contribution is 7.89. The van der Waals surface area contributed by atoms with E-state index < -0.39 is 10.0 Å². The molecule has 1 fully saturated rings. The topological polar surface area (TPSA) is 57.6 Å². The number of aryl methyl sites for hydroxylation is 1. The summed E-state index contributed by atoms with van der Waals surface area (Å²) in [6.07, 6.45) is 2.40. The molecule has 118 valence electrons. The van der Waals surface area contributed by atoms with Gasteiger partial charge in [-0.25, -0.2) is 8.42 Å². The molecule has 0 radical (unpaired) electrons. The standard InChI is InChI=1S/C16H25NO3S/c1-13-9-10-17(12-14(13)2)21(19,20)16-7-5-15(6-8-16)4-3-11-18/h5-8,13-14,18H,3-4,9-12H2,1-2H3. The molecule has 1 N–H and O–H groups in total. The lowest BCUT2D eigenvalue weighted by molar-refractivity contribution is 0.212. The van der Waals surface area contributed by atoms with Crippen molar-refractivity contribution in [1.29, 1.82) is 0 Å². The van der Waals surface area contributed by atoms with Crippen LogP contribution in [0, 0.1) is 11.8 Å². The monoisotopic (exact) mass is 311 g/mol. The normalized spacial score (nSPS) is 24.1. The maximum Gasteiger partial charge on any atom is 0.243 e. The Morgan fingerprint density at radius 3 is 2.43 bits per heavy atom. The van der Waals surface area contributed by atoms with Gasteiger partial charge in [0.1, 0.15) is 0 Å². The van der Waals surface area contributed by atoms with Crippen LogP contribution in [0.5, 0.6) is 0 Å². The lowest BCUT2D eigenvalue weighted by atomic mass is 9.90. The first-order valence-corrected chi connectivity index (χ1v) is 9.09. The van der Waals surface area contributed by atoms with Crippen LogP contribution in [-0.2, 0) is 16.4 Å². The third kappa shape index (κ3) is 3.84. The Morgan fingerprint density at radius 1 is 1.19 bits per heavy atom. The quantitative estimate of drug-likeness (QED) is 0.907. The summed E-state index contributed by atoms with van der Waals surface area (Å²) in [6, 6.07) is 7.06. The Bertz CT molecular complexity index is 553. The third-order valence-electron chi connectivity index (χ3n) is 4.48. The first-order valence-electron chi connectivity index (χ1n) is 7.65. The van der Waals surface area contributed by atoms with Gasteiger partial charge in [-0.3, -0.25) is 0 Å². The molecule has 1 aromatic rings. The minimum Gasteiger partial charge on any atom is -0.396 e. The summed E-state index contributed by atoms with van der Waals surface area (Å²) in [7, 11) is -3.37. The molecule has 2 atom stereocenters. The molecule has 0 saturated carbocycles. The number of hydrogen-bond donors (Lipinski definition) is 1. The Morgan fingerprint density at radius 2 is 1.86 bits per heavy atom. The molecule has 1 aromatic carbocycles. The molecule has 1 aliphatic heterocycles. The average molecular weight is 311 g/mol. The highest BCUT2D eigenvalue weighted by Gasteiger charge is 2.31. The van der Waals surface area contributed by atoms with E-state index in [2.05, 4.69) is 13.8 Å². The van der Waals surface area contributed by atoms with Gasteiger partial charge in [0.25, 0.3) is 0 Å². The van der Waals surface area contributed by atoms with Gasteiger partial charge in [0.2, 0.25) is 10.0 Å². The molecule has 0 amide bonds. The highest BCUT2D eigenvalue weighted by Crippen LogP contribution is 2.27. The molecule has 1 saturated heterocycles. The maximum absolute atomic E-state index is 12.7. The molecule has 1 aliphatic rings. The van der Waals surface area contributed by atoms with E-state index in [0.717, 1.165) is 18.4 Å². The Kier molecular flexibility index (Phi) is 5.41. The molecule has 0 spiro atoms. The molecule has 5 heteroatoms. The number of sulfonamides is 1. The van der Waals surface area contributed by atoms with Crippen LogP contribution >= 0.6 is 0 Å². The first kappa shape index (κ1) is 16.5. The van der Waals surface area contributed by atoms with Crippen molar-refractivity contribution in [2.45, 2.75) is 38.0 Å². The molecule has 0 aromatic heterocycles. The largest absolute Gasteiger partial charge is 0.396 e. The molecular weight excluding hydrogens is 286 g/mol. The van der Waals surface area contributed by atoms with Gasteiger partial charge in [-0.05, 0) is 48.8 Å². The Labute approximate surface area is 127 Å². The smallest absolute Gasteiger partial charge is 0.243 e. The number of nitrogens with zero attached hydrogens (tertiary/aromatic N) is 1. The van der Waals surface area contributed by atoms with Crippen LogP contribution in [0.4, 0.5) is 0 Å². The van der Waals surface area contributed by atoms with Gasteiger partial charge >= 0.3 is 0 Å². The van der Waals surface area contributed by atoms with Crippen LogP contribution in [0.15, 0.2) is 29.2 Å². The van der Waals surface area contributed by atoms with E-state index in [9.17, 15) is 8.42 Å². The van der Waals surface area contributed by atoms with E-state index >= 15 is 0 Å². The van der Waals surface area contributed by atoms with Gasteiger partial charge < -0.3 is 5.11 Å². The molecule has 2 unspecified atom stereocenters. The number of piperidine rings is 1. The molecular formula is C16H25NO3S. The molecule has 4 nitrogen and oxygen atoms in total. The lowest BCUT2D eigenvalue weighted by Crippen LogP contribution is -2.42. The second-order valence-electron chi connectivity index (χ2n) is 6.08. The van der Waals surface area contributed by atoms with Gasteiger partial charge in [0.05, 0.1) is 4.90 Å².